The molecule has 42 heteroatoms. The fraction of sp³-hybridized carbons (Fsp3) is 0.310. The van der Waals surface area contributed by atoms with E-state index >= 15 is 0 Å². The number of methoxy groups -OCH3 is 1. The average Bonchev–Trinajstić information content (AvgIpc) is 1.55. The van der Waals surface area contributed by atoms with Crippen LogP contribution in [0.2, 0.25) is 0 Å². The van der Waals surface area contributed by atoms with Crippen LogP contribution in [0.4, 0.5) is 22.9 Å². The molecule has 12 atom stereocenters. The number of aromatic nitrogens is 3. The summed E-state index contributed by atoms with van der Waals surface area (Å²) in [6.45, 7) is 30.6. The lowest BCUT2D eigenvalue weighted by Gasteiger charge is -2.33. The van der Waals surface area contributed by atoms with Crippen LogP contribution in [-0.2, 0) is 71.2 Å². The number of nitrogens with zero attached hydrogens (tertiary/aromatic N) is 7. The first-order valence-corrected chi connectivity index (χ1v) is 45.9. The highest BCUT2D eigenvalue weighted by Gasteiger charge is 2.66. The molecule has 0 unspecified atom stereocenters. The van der Waals surface area contributed by atoms with Gasteiger partial charge in [0.2, 0.25) is 5.60 Å². The molecule has 688 valence electrons. The molecular formula is C87H107N12O26P4+3. The summed E-state index contributed by atoms with van der Waals surface area (Å²) in [4.78, 5) is 52.6. The summed E-state index contributed by atoms with van der Waals surface area (Å²) < 4.78 is 129. The first-order valence-electron chi connectivity index (χ1n) is 39.7. The number of nitriles is 1. The van der Waals surface area contributed by atoms with Crippen molar-refractivity contribution >= 4 is 114 Å². The van der Waals surface area contributed by atoms with Crippen LogP contribution in [0.1, 0.15) is 88.8 Å². The van der Waals surface area contributed by atoms with E-state index in [-0.39, 0.29) is 65.2 Å². The highest BCUT2D eigenvalue weighted by atomic mass is 31.2. The first kappa shape index (κ1) is 102. The van der Waals surface area contributed by atoms with Gasteiger partial charge in [-0.05, 0) is 149 Å². The van der Waals surface area contributed by atoms with Gasteiger partial charge in [0.05, 0.1) is 39.2 Å². The molecule has 38 nitrogen and oxygen atoms in total. The lowest BCUT2D eigenvalue weighted by Crippen LogP contribution is -2.52. The standard InChI is InChI=1S/C23H27N6O8P.C22H24N2O6P.2C21H28N2O6P/c1-14(21(31)34-3)28-38(33,37-15-7-5-4-6-8-15)35-11-17-19(30)22(2,32)23(12-24,36-17)18-10-9-16-20(25)26-13-27-29(16)18;1-4-28-22(25)16(2)23-31(27,29-19-14-12-18(13-15-19)24(3)26)30-21-11-7-9-17-8-5-6-10-20(17)21;2*1-16(20(24)27-15-21(2,3)4)22-30(26,28-18-9-7-6-8-10-18)29-19-13-11-17(12-14-19)23(5)25/h4-10,13-14,17,19,30,32H,11H2,1-3H3,(H,28,33)(H2,25,26,27);5-16,26H,3-4H2,1-2H3,(H,23,27);2*6-14,16,25H,5,15H2,1-4H3,(H,22,26)/q;3*+1/t14-,17+,19+,22+,23-,38-;16-,31-;16-,30+;16-,30-/m0000/s1. The van der Waals surface area contributed by atoms with Crippen LogP contribution < -0.4 is 57.7 Å². The number of aliphatic hydroxyl groups is 2. The van der Waals surface area contributed by atoms with E-state index in [2.05, 4.69) is 55.3 Å². The van der Waals surface area contributed by atoms with Gasteiger partial charge in [0.25, 0.3) is 17.1 Å². The molecule has 0 bridgehead atoms. The molecule has 0 radical (unpaired) electrons. The number of rotatable bonds is 36. The molecule has 10 aromatic rings. The fourth-order valence-corrected chi connectivity index (χ4v) is 17.5. The number of nitrogens with two attached hydrogens (primary N) is 1. The van der Waals surface area contributed by atoms with Crippen molar-refractivity contribution in [1.82, 2.24) is 34.9 Å². The lowest BCUT2D eigenvalue weighted by molar-refractivity contribution is -0.706. The number of anilines is 1. The second-order valence-electron chi connectivity index (χ2n) is 31.2. The SMILES string of the molecule is C=[N+](O)c1ccc(O[P@@](=O)(N[C@@H](C)C(=O)OCC(C)(C)C)Oc2ccccc2)cc1.C=[N+](O)c1ccc(O[P@@](=O)(N[C@@H](C)C(=O)OCC)Oc2cccc3ccccc23)cc1.C=[N+](O)c1ccc(O[P@](=O)(N[C@@H](C)C(=O)OCC(C)(C)C)Oc2ccccc2)cc1.COC(=O)[C@H](C)N[P@](=O)(OC[C@H]1O[C@@](C#N)(c2ccc3c(N)ncnn23)[C@](C)(O)[C@@H]1O)Oc1ccccc1. The number of hydrogen-bond acceptors (Lipinski definition) is 30. The second-order valence-corrected chi connectivity index (χ2v) is 37.8. The third-order valence-corrected chi connectivity index (χ3v) is 24.4. The van der Waals surface area contributed by atoms with Crippen LogP contribution in [0, 0.1) is 22.2 Å². The van der Waals surface area contributed by atoms with E-state index in [4.69, 9.17) is 60.9 Å². The van der Waals surface area contributed by atoms with Gasteiger partial charge in [-0.1, -0.05) is 133 Å². The summed E-state index contributed by atoms with van der Waals surface area (Å²) in [6, 6.07) is 57.0. The molecule has 8 aromatic carbocycles. The van der Waals surface area contributed by atoms with Crippen LogP contribution >= 0.6 is 31.0 Å². The quantitative estimate of drug-likeness (QED) is 0.00332. The molecule has 0 spiro atoms. The van der Waals surface area contributed by atoms with E-state index in [1.54, 1.807) is 104 Å². The number of benzene rings is 8. The van der Waals surface area contributed by atoms with Crippen molar-refractivity contribution < 1.29 is 137 Å². The summed E-state index contributed by atoms with van der Waals surface area (Å²) in [5.74, 6) is -0.595. The third-order valence-electron chi connectivity index (χ3n) is 17.9. The maximum Gasteiger partial charge on any atom is 0.513 e. The van der Waals surface area contributed by atoms with Gasteiger partial charge in [0.15, 0.2) is 26.0 Å². The van der Waals surface area contributed by atoms with Crippen molar-refractivity contribution in [3.05, 3.63) is 230 Å². The summed E-state index contributed by atoms with van der Waals surface area (Å²) >= 11 is 0. The average molecular weight is 1860 g/mol. The zero-order valence-electron chi connectivity index (χ0n) is 73.1. The molecule has 129 heavy (non-hydrogen) atoms. The van der Waals surface area contributed by atoms with Crippen molar-refractivity contribution in [1.29, 1.82) is 5.26 Å². The highest BCUT2D eigenvalue weighted by Crippen LogP contribution is 2.53. The van der Waals surface area contributed by atoms with Crippen molar-refractivity contribution in [3.8, 4) is 46.3 Å². The molecule has 11 N–H and O–H groups in total. The van der Waals surface area contributed by atoms with Crippen LogP contribution in [-0.4, -0.2) is 174 Å². The molecule has 0 saturated carbocycles. The summed E-state index contributed by atoms with van der Waals surface area (Å²) in [7, 11) is -15.2. The van der Waals surface area contributed by atoms with Crippen LogP contribution in [0.3, 0.4) is 0 Å². The Kier molecular flexibility index (Phi) is 35.5. The van der Waals surface area contributed by atoms with Gasteiger partial charge in [-0.25, -0.2) is 27.8 Å². The topological polar surface area (TPSA) is 495 Å². The number of fused-ring (bicyclic) bond motifs is 2. The van der Waals surface area contributed by atoms with Gasteiger partial charge >= 0.3 is 54.9 Å². The molecule has 0 amide bonds. The first-order chi connectivity index (χ1) is 60.7. The second kappa shape index (κ2) is 44.9. The van der Waals surface area contributed by atoms with Gasteiger partial charge in [0.1, 0.15) is 100 Å². The number of esters is 4. The minimum absolute atomic E-state index is 0.0804. The Morgan fingerprint density at radius 1 is 0.527 bits per heavy atom. The zero-order valence-corrected chi connectivity index (χ0v) is 76.7. The maximum atomic E-state index is 13.7. The Bertz CT molecular complexity index is 5600. The smallest absolute Gasteiger partial charge is 0.468 e. The number of nitrogens with one attached hydrogen (secondary N) is 4. The number of carbonyl (C=O) groups excluding carboxylic acids is 4. The molecule has 11 rings (SSSR count). The van der Waals surface area contributed by atoms with Crippen LogP contribution in [0.15, 0.2) is 225 Å². The van der Waals surface area contributed by atoms with Crippen molar-refractivity contribution in [2.24, 2.45) is 10.8 Å². The Morgan fingerprint density at radius 2 is 0.884 bits per heavy atom. The van der Waals surface area contributed by atoms with E-state index in [9.17, 15) is 68.5 Å². The normalized spacial score (nSPS) is 18.0. The minimum atomic E-state index is -4.29. The van der Waals surface area contributed by atoms with Gasteiger partial charge in [-0.15, -0.1) is 0 Å². The molecular weight excluding hydrogens is 1750 g/mol. The molecule has 1 saturated heterocycles. The van der Waals surface area contributed by atoms with Crippen molar-refractivity contribution in [3.63, 3.8) is 0 Å². The van der Waals surface area contributed by atoms with E-state index in [1.807, 2.05) is 77.9 Å². The maximum absolute atomic E-state index is 13.7. The summed E-state index contributed by atoms with van der Waals surface area (Å²) in [5, 5.41) is 76.8. The van der Waals surface area contributed by atoms with Gasteiger partial charge in [-0.3, -0.25) is 39.3 Å². The summed E-state index contributed by atoms with van der Waals surface area (Å²) in [5.41, 5.74) is 2.84. The monoisotopic (exact) mass is 1860 g/mol. The third kappa shape index (κ3) is 29.5. The lowest BCUT2D eigenvalue weighted by atomic mass is 9.80. The Labute approximate surface area is 745 Å². The van der Waals surface area contributed by atoms with E-state index < -0.39 is 109 Å². The van der Waals surface area contributed by atoms with Gasteiger partial charge in [0, 0.05) is 56.0 Å². The molecule has 1 fully saturated rings. The molecule has 2 aromatic heterocycles. The molecule has 1 aliphatic rings. The van der Waals surface area contributed by atoms with E-state index in [1.165, 1.54) is 144 Å². The Balaban J connectivity index is 0.000000214. The molecule has 1 aliphatic heterocycles. The zero-order chi connectivity index (χ0) is 94.9. The Hall–Kier alpha value is -12.6. The number of ether oxygens (including phenoxy) is 5. The number of carbonyl (C=O) groups is 4. The van der Waals surface area contributed by atoms with E-state index in [0.29, 0.717) is 54.0 Å². The number of hydrogen-bond donors (Lipinski definition) is 10. The van der Waals surface area contributed by atoms with E-state index in [0.717, 1.165) is 10.8 Å². The largest absolute Gasteiger partial charge is 0.513 e. The van der Waals surface area contributed by atoms with Crippen molar-refractivity contribution in [2.45, 2.75) is 131 Å². The fourth-order valence-electron chi connectivity index (χ4n) is 11.5. The minimum Gasteiger partial charge on any atom is -0.468 e. The van der Waals surface area contributed by atoms with Gasteiger partial charge in [-0.2, -0.15) is 30.7 Å². The van der Waals surface area contributed by atoms with Crippen LogP contribution in [0.5, 0.6) is 40.2 Å². The predicted molar refractivity (Wildman–Crippen MR) is 476 cm³/mol. The number of aliphatic hydroxyl groups excluding tert-OH is 1. The van der Waals surface area contributed by atoms with Crippen molar-refractivity contribution in [2.75, 3.05) is 39.3 Å². The number of para-hydroxylation sites is 3. The molecule has 3 heterocycles. The summed E-state index contributed by atoms with van der Waals surface area (Å²) in [6.07, 6.45) is -1.88. The predicted octanol–water partition coefficient (Wildman–Crippen LogP) is 14.7. The number of nitrogen functional groups attached to an aromatic ring is 1. The molecule has 0 aliphatic carbocycles. The van der Waals surface area contributed by atoms with Crippen LogP contribution in [0.25, 0.3) is 16.3 Å². The highest BCUT2D eigenvalue weighted by molar-refractivity contribution is 7.53. The van der Waals surface area contributed by atoms with Gasteiger partial charge < -0.3 is 71.3 Å². The Morgan fingerprint density at radius 3 is 1.27 bits per heavy atom.